The molecule has 1 N–H and O–H groups in total. The van der Waals surface area contributed by atoms with Crippen molar-refractivity contribution in [3.63, 3.8) is 0 Å². The minimum absolute atomic E-state index is 0.0449. The first-order valence-electron chi connectivity index (χ1n) is 9.06. The molecule has 0 radical (unpaired) electrons. The van der Waals surface area contributed by atoms with E-state index in [9.17, 15) is 9.59 Å². The highest BCUT2D eigenvalue weighted by Crippen LogP contribution is 2.37. The van der Waals surface area contributed by atoms with Gasteiger partial charge in [0.05, 0.1) is 17.7 Å². The maximum atomic E-state index is 11.7. The van der Waals surface area contributed by atoms with Crippen LogP contribution in [0.1, 0.15) is 43.5 Å². The lowest BCUT2D eigenvalue weighted by atomic mass is 10.0. The molecule has 1 aromatic heterocycles. The van der Waals surface area contributed by atoms with Crippen LogP contribution in [-0.2, 0) is 4.79 Å². The Morgan fingerprint density at radius 3 is 2.92 bits per heavy atom. The van der Waals surface area contributed by atoms with Crippen LogP contribution in [0.15, 0.2) is 24.4 Å². The molecule has 1 saturated heterocycles. The van der Waals surface area contributed by atoms with Gasteiger partial charge in [0.25, 0.3) is 0 Å². The smallest absolute Gasteiger partial charge is 0.221 e. The topological polar surface area (TPSA) is 77.5 Å². The molecule has 2 heterocycles. The van der Waals surface area contributed by atoms with E-state index in [2.05, 4.69) is 10.3 Å². The highest BCUT2D eigenvalue weighted by molar-refractivity contribution is 5.94. The van der Waals surface area contributed by atoms with Crippen molar-refractivity contribution in [3.8, 4) is 11.6 Å². The Hall–Kier alpha value is -2.63. The zero-order chi connectivity index (χ0) is 18.3. The fourth-order valence-electron chi connectivity index (χ4n) is 3.97. The van der Waals surface area contributed by atoms with E-state index >= 15 is 0 Å². The number of hydrogen-bond acceptors (Lipinski definition) is 5. The summed E-state index contributed by atoms with van der Waals surface area (Å²) in [7, 11) is 0. The third kappa shape index (κ3) is 3.00. The lowest BCUT2D eigenvalue weighted by Gasteiger charge is -2.21. The van der Waals surface area contributed by atoms with Gasteiger partial charge < -0.3 is 14.8 Å². The molecule has 6 heteroatoms. The Morgan fingerprint density at radius 2 is 2.15 bits per heavy atom. The summed E-state index contributed by atoms with van der Waals surface area (Å²) >= 11 is 0. The summed E-state index contributed by atoms with van der Waals surface area (Å²) in [5.74, 6) is 1.49. The molecule has 1 saturated carbocycles. The molecule has 2 fully saturated rings. The zero-order valence-electron chi connectivity index (χ0n) is 14.9. The first-order chi connectivity index (χ1) is 12.5. The molecule has 4 rings (SSSR count). The number of nitrogens with zero attached hydrogens (tertiary/aromatic N) is 1. The van der Waals surface area contributed by atoms with Crippen LogP contribution >= 0.6 is 0 Å². The fraction of sp³-hybridized carbons (Fsp3) is 0.450. The van der Waals surface area contributed by atoms with Crippen molar-refractivity contribution in [2.75, 3.05) is 0 Å². The predicted molar refractivity (Wildman–Crippen MR) is 96.6 cm³/mol. The number of carbonyl (C=O) groups excluding carboxylic acids is 2. The summed E-state index contributed by atoms with van der Waals surface area (Å²) in [6.07, 6.45) is 4.82. The van der Waals surface area contributed by atoms with E-state index in [1.54, 1.807) is 12.3 Å². The molecule has 136 valence electrons. The molecule has 1 amide bonds. The van der Waals surface area contributed by atoms with Crippen molar-refractivity contribution in [1.29, 1.82) is 0 Å². The Balaban J connectivity index is 1.68. The number of amides is 1. The van der Waals surface area contributed by atoms with Gasteiger partial charge in [-0.2, -0.15) is 0 Å². The van der Waals surface area contributed by atoms with Gasteiger partial charge in [0.2, 0.25) is 11.8 Å². The van der Waals surface area contributed by atoms with E-state index in [0.29, 0.717) is 29.5 Å². The number of hydrogen-bond donors (Lipinski definition) is 1. The summed E-state index contributed by atoms with van der Waals surface area (Å²) in [4.78, 5) is 27.5. The average Bonchev–Trinajstić information content (AvgIpc) is 3.14. The molecule has 2 aliphatic rings. The number of aromatic nitrogens is 1. The maximum Gasteiger partial charge on any atom is 0.221 e. The van der Waals surface area contributed by atoms with Crippen LogP contribution in [0.2, 0.25) is 0 Å². The fourth-order valence-corrected chi connectivity index (χ4v) is 3.97. The number of benzene rings is 1. The second-order valence-electron chi connectivity index (χ2n) is 7.30. The van der Waals surface area contributed by atoms with Crippen molar-refractivity contribution in [1.82, 2.24) is 10.3 Å². The van der Waals surface area contributed by atoms with Crippen molar-refractivity contribution in [2.45, 2.75) is 51.4 Å². The van der Waals surface area contributed by atoms with Crippen molar-refractivity contribution < 1.29 is 19.1 Å². The number of fused-ring (bicyclic) bond motifs is 2. The molecule has 6 nitrogen and oxygen atoms in total. The lowest BCUT2D eigenvalue weighted by molar-refractivity contribution is -0.119. The van der Waals surface area contributed by atoms with Crippen LogP contribution in [0.4, 0.5) is 0 Å². The van der Waals surface area contributed by atoms with Crippen LogP contribution in [-0.4, -0.2) is 35.4 Å². The van der Waals surface area contributed by atoms with Crippen LogP contribution in [0.3, 0.4) is 0 Å². The van der Waals surface area contributed by atoms with Crippen LogP contribution in [0, 0.1) is 5.92 Å². The lowest BCUT2D eigenvalue weighted by Crippen LogP contribution is -2.39. The molecule has 26 heavy (non-hydrogen) atoms. The molecule has 0 spiro atoms. The van der Waals surface area contributed by atoms with Crippen molar-refractivity contribution in [2.24, 2.45) is 5.92 Å². The van der Waals surface area contributed by atoms with Crippen LogP contribution in [0.5, 0.6) is 11.6 Å². The Labute approximate surface area is 151 Å². The Kier molecular flexibility index (Phi) is 4.26. The van der Waals surface area contributed by atoms with Crippen molar-refractivity contribution in [3.05, 3.63) is 30.0 Å². The van der Waals surface area contributed by atoms with Gasteiger partial charge in [-0.05, 0) is 56.2 Å². The third-order valence-electron chi connectivity index (χ3n) is 5.12. The standard InChI is InChI=1S/C20H22N2O4/c1-11(2)25-17-9-15-12(7-14(17)10-23)5-6-21-20(15)26-16-4-3-13-8-18(24)22-19(13)16/h5-7,9-11,13,16,19H,3-4,8H2,1-2H3,(H,22,24). The quantitative estimate of drug-likeness (QED) is 0.836. The van der Waals surface area contributed by atoms with E-state index in [1.807, 2.05) is 26.0 Å². The molecule has 1 aliphatic carbocycles. The third-order valence-corrected chi connectivity index (χ3v) is 5.12. The normalized spacial score (nSPS) is 24.6. The minimum atomic E-state index is -0.0789. The number of pyridine rings is 1. The van der Waals surface area contributed by atoms with Crippen molar-refractivity contribution >= 4 is 23.0 Å². The van der Waals surface area contributed by atoms with E-state index in [0.717, 1.165) is 29.9 Å². The molecular weight excluding hydrogens is 332 g/mol. The second kappa shape index (κ2) is 6.59. The number of ether oxygens (including phenoxy) is 2. The van der Waals surface area contributed by atoms with Gasteiger partial charge >= 0.3 is 0 Å². The van der Waals surface area contributed by atoms with Gasteiger partial charge in [0.15, 0.2) is 6.29 Å². The van der Waals surface area contributed by atoms with Gasteiger partial charge in [0.1, 0.15) is 11.9 Å². The summed E-state index contributed by atoms with van der Waals surface area (Å²) in [6, 6.07) is 5.52. The van der Waals surface area contributed by atoms with Crippen LogP contribution in [0.25, 0.3) is 10.8 Å². The van der Waals surface area contributed by atoms with Gasteiger partial charge in [-0.3, -0.25) is 9.59 Å². The monoisotopic (exact) mass is 354 g/mol. The number of nitrogens with one attached hydrogen (secondary N) is 1. The van der Waals surface area contributed by atoms with E-state index < -0.39 is 0 Å². The number of rotatable bonds is 5. The first-order valence-corrected chi connectivity index (χ1v) is 9.06. The molecule has 0 bridgehead atoms. The summed E-state index contributed by atoms with van der Waals surface area (Å²) in [5.41, 5.74) is 0.507. The minimum Gasteiger partial charge on any atom is -0.490 e. The number of carbonyl (C=O) groups is 2. The van der Waals surface area contributed by atoms with Crippen LogP contribution < -0.4 is 14.8 Å². The van der Waals surface area contributed by atoms with E-state index in [4.69, 9.17) is 9.47 Å². The Morgan fingerprint density at radius 1 is 1.31 bits per heavy atom. The van der Waals surface area contributed by atoms with Gasteiger partial charge in [-0.25, -0.2) is 4.98 Å². The van der Waals surface area contributed by atoms with Gasteiger partial charge in [-0.15, -0.1) is 0 Å². The molecule has 3 atom stereocenters. The Bertz CT molecular complexity index is 864. The maximum absolute atomic E-state index is 11.7. The van der Waals surface area contributed by atoms with Gasteiger partial charge in [-0.1, -0.05) is 0 Å². The second-order valence-corrected chi connectivity index (χ2v) is 7.30. The largest absolute Gasteiger partial charge is 0.490 e. The zero-order valence-corrected chi connectivity index (χ0v) is 14.9. The highest BCUT2D eigenvalue weighted by atomic mass is 16.5. The molecule has 1 aromatic carbocycles. The molecule has 3 unspecified atom stereocenters. The molecule has 1 aliphatic heterocycles. The molecular formula is C20H22N2O4. The predicted octanol–water partition coefficient (Wildman–Crippen LogP) is 2.88. The van der Waals surface area contributed by atoms with E-state index in [-0.39, 0.29) is 24.2 Å². The SMILES string of the molecule is CC(C)Oc1cc2c(OC3CCC4CC(=O)NC43)nccc2cc1C=O. The van der Waals surface area contributed by atoms with E-state index in [1.165, 1.54) is 0 Å². The average molecular weight is 354 g/mol. The molecule has 2 aromatic rings. The first kappa shape index (κ1) is 16.8. The number of aldehydes is 1. The summed E-state index contributed by atoms with van der Waals surface area (Å²) in [6.45, 7) is 3.84. The highest BCUT2D eigenvalue weighted by Gasteiger charge is 2.44. The van der Waals surface area contributed by atoms with Gasteiger partial charge in [0, 0.05) is 18.0 Å². The summed E-state index contributed by atoms with van der Waals surface area (Å²) in [5, 5.41) is 4.71. The summed E-state index contributed by atoms with van der Waals surface area (Å²) < 4.78 is 12.0.